The van der Waals surface area contributed by atoms with Crippen molar-refractivity contribution in [3.8, 4) is 0 Å². The highest BCUT2D eigenvalue weighted by Crippen LogP contribution is 2.22. The van der Waals surface area contributed by atoms with Crippen LogP contribution in [0.15, 0.2) is 23.2 Å². The van der Waals surface area contributed by atoms with Gasteiger partial charge in [-0.15, -0.1) is 0 Å². The lowest BCUT2D eigenvalue weighted by Gasteiger charge is -2.20. The Balaban J connectivity index is 1.86. The van der Waals surface area contributed by atoms with E-state index in [2.05, 4.69) is 22.1 Å². The van der Waals surface area contributed by atoms with Crippen molar-refractivity contribution in [2.45, 2.75) is 32.3 Å². The Morgan fingerprint density at radius 3 is 2.91 bits per heavy atom. The van der Waals surface area contributed by atoms with Crippen LogP contribution in [0, 0.1) is 0 Å². The van der Waals surface area contributed by atoms with Gasteiger partial charge in [-0.1, -0.05) is 29.3 Å². The number of halogens is 2. The van der Waals surface area contributed by atoms with Crippen LogP contribution in [-0.2, 0) is 6.42 Å². The Bertz CT molecular complexity index is 522. The van der Waals surface area contributed by atoms with Gasteiger partial charge in [0.1, 0.15) is 0 Å². The number of hydrogen-bond donors (Lipinski definition) is 2. The van der Waals surface area contributed by atoms with Gasteiger partial charge in [0, 0.05) is 36.2 Å². The monoisotopic (exact) mass is 343 g/mol. The lowest BCUT2D eigenvalue weighted by molar-refractivity contribution is 0.188. The molecule has 122 valence electrons. The number of aliphatic imine (C=N–C) groups is 1. The third-order valence-electron chi connectivity index (χ3n) is 3.68. The molecule has 1 aliphatic heterocycles. The summed E-state index contributed by atoms with van der Waals surface area (Å²) in [5.41, 5.74) is 1.10. The van der Waals surface area contributed by atoms with Gasteiger partial charge in [0.15, 0.2) is 5.96 Å². The predicted molar refractivity (Wildman–Crippen MR) is 93.0 cm³/mol. The molecule has 0 spiro atoms. The summed E-state index contributed by atoms with van der Waals surface area (Å²) in [7, 11) is 0. The fourth-order valence-corrected chi connectivity index (χ4v) is 3.04. The molecule has 1 heterocycles. The number of nitrogens with zero attached hydrogens (tertiary/aromatic N) is 2. The Kier molecular flexibility index (Phi) is 6.80. The van der Waals surface area contributed by atoms with Gasteiger partial charge in [-0.2, -0.15) is 0 Å². The van der Waals surface area contributed by atoms with E-state index in [1.54, 1.807) is 6.07 Å². The van der Waals surface area contributed by atoms with Crippen LogP contribution in [0.25, 0.3) is 0 Å². The molecule has 2 N–H and O–H groups in total. The molecule has 1 aromatic rings. The Hall–Kier alpha value is -0.970. The van der Waals surface area contributed by atoms with Gasteiger partial charge in [0.2, 0.25) is 0 Å². The molecule has 0 unspecified atom stereocenters. The zero-order chi connectivity index (χ0) is 15.9. The first-order valence-corrected chi connectivity index (χ1v) is 8.51. The molecule has 1 aromatic carbocycles. The highest BCUT2D eigenvalue weighted by atomic mass is 35.5. The van der Waals surface area contributed by atoms with Crippen LogP contribution in [0.5, 0.6) is 0 Å². The minimum Gasteiger partial charge on any atom is -0.391 e. The van der Waals surface area contributed by atoms with Crippen molar-refractivity contribution in [3.63, 3.8) is 0 Å². The van der Waals surface area contributed by atoms with Crippen molar-refractivity contribution in [3.05, 3.63) is 33.8 Å². The number of guanidine groups is 1. The molecule has 2 rings (SSSR count). The number of β-amino-alcohol motifs (C(OH)–C–C–N with tert-alkyl or cyclic N) is 1. The quantitative estimate of drug-likeness (QED) is 0.491. The van der Waals surface area contributed by atoms with Crippen molar-refractivity contribution in [2.24, 2.45) is 4.99 Å². The molecule has 0 aliphatic carbocycles. The molecule has 1 fully saturated rings. The number of aliphatic hydroxyl groups excluding tert-OH is 1. The van der Waals surface area contributed by atoms with Gasteiger partial charge >= 0.3 is 0 Å². The highest BCUT2D eigenvalue weighted by Gasteiger charge is 2.22. The normalized spacial score (nSPS) is 18.8. The summed E-state index contributed by atoms with van der Waals surface area (Å²) in [5.74, 6) is 0.890. The molecule has 0 amide bonds. The molecule has 22 heavy (non-hydrogen) atoms. The number of aryl methyl sites for hydroxylation is 1. The van der Waals surface area contributed by atoms with Crippen LogP contribution in [0.3, 0.4) is 0 Å². The van der Waals surface area contributed by atoms with Crippen LogP contribution >= 0.6 is 23.2 Å². The van der Waals surface area contributed by atoms with E-state index >= 15 is 0 Å². The van der Waals surface area contributed by atoms with Crippen molar-refractivity contribution in [2.75, 3.05) is 26.2 Å². The zero-order valence-electron chi connectivity index (χ0n) is 12.9. The first-order chi connectivity index (χ1) is 10.6. The number of rotatable bonds is 5. The van der Waals surface area contributed by atoms with Crippen molar-refractivity contribution in [1.29, 1.82) is 0 Å². The van der Waals surface area contributed by atoms with Gasteiger partial charge in [-0.3, -0.25) is 4.99 Å². The van der Waals surface area contributed by atoms with Gasteiger partial charge in [0.25, 0.3) is 0 Å². The molecule has 6 heteroatoms. The largest absolute Gasteiger partial charge is 0.391 e. The van der Waals surface area contributed by atoms with Crippen LogP contribution in [0.2, 0.25) is 10.0 Å². The summed E-state index contributed by atoms with van der Waals surface area (Å²) in [6.45, 7) is 5.13. The number of benzene rings is 1. The number of nitrogens with one attached hydrogen (secondary N) is 1. The van der Waals surface area contributed by atoms with Crippen molar-refractivity contribution in [1.82, 2.24) is 10.2 Å². The molecule has 0 saturated carbocycles. The maximum Gasteiger partial charge on any atom is 0.194 e. The molecule has 4 nitrogen and oxygen atoms in total. The molecule has 0 radical (unpaired) electrons. The maximum atomic E-state index is 9.64. The van der Waals surface area contributed by atoms with E-state index < -0.39 is 0 Å². The fourth-order valence-electron chi connectivity index (χ4n) is 2.54. The van der Waals surface area contributed by atoms with E-state index in [0.29, 0.717) is 16.6 Å². The SMILES string of the molecule is CCNC(=NCCCc1ccc(Cl)cc1Cl)N1CC[C@@H](O)C1. The molecule has 1 aliphatic rings. The summed E-state index contributed by atoms with van der Waals surface area (Å²) in [6.07, 6.45) is 2.37. The Morgan fingerprint density at radius 2 is 2.27 bits per heavy atom. The Morgan fingerprint density at radius 1 is 1.45 bits per heavy atom. The molecule has 1 saturated heterocycles. The number of likely N-dealkylation sites (tertiary alicyclic amines) is 1. The summed E-state index contributed by atoms with van der Waals surface area (Å²) < 4.78 is 0. The van der Waals surface area contributed by atoms with E-state index in [-0.39, 0.29) is 6.10 Å². The smallest absolute Gasteiger partial charge is 0.194 e. The minimum absolute atomic E-state index is 0.239. The second-order valence-corrected chi connectivity index (χ2v) is 6.31. The second-order valence-electron chi connectivity index (χ2n) is 5.46. The van der Waals surface area contributed by atoms with E-state index in [0.717, 1.165) is 50.4 Å². The third kappa shape index (κ3) is 5.04. The first kappa shape index (κ1) is 17.4. The average Bonchev–Trinajstić information content (AvgIpc) is 2.90. The average molecular weight is 344 g/mol. The van der Waals surface area contributed by atoms with E-state index in [1.807, 2.05) is 12.1 Å². The van der Waals surface area contributed by atoms with E-state index in [4.69, 9.17) is 23.2 Å². The predicted octanol–water partition coefficient (Wildman–Crippen LogP) is 2.96. The molecule has 1 atom stereocenters. The van der Waals surface area contributed by atoms with Crippen LogP contribution < -0.4 is 5.32 Å². The summed E-state index contributed by atoms with van der Waals surface area (Å²) >= 11 is 12.1. The van der Waals surface area contributed by atoms with E-state index in [9.17, 15) is 5.11 Å². The number of aliphatic hydroxyl groups is 1. The third-order valence-corrected chi connectivity index (χ3v) is 4.27. The van der Waals surface area contributed by atoms with Crippen molar-refractivity contribution < 1.29 is 5.11 Å². The standard InChI is InChI=1S/C16H23Cl2N3O/c1-2-19-16(21-9-7-14(22)11-21)20-8-3-4-12-5-6-13(17)10-15(12)18/h5-6,10,14,22H,2-4,7-9,11H2,1H3,(H,19,20)/t14-/m1/s1. The molecule has 0 bridgehead atoms. The Labute approximate surface area is 142 Å². The van der Waals surface area contributed by atoms with Crippen molar-refractivity contribution >= 4 is 29.2 Å². The summed E-state index contributed by atoms with van der Waals surface area (Å²) in [4.78, 5) is 6.76. The summed E-state index contributed by atoms with van der Waals surface area (Å²) in [5, 5.41) is 14.3. The second kappa shape index (κ2) is 8.61. The molecule has 0 aromatic heterocycles. The first-order valence-electron chi connectivity index (χ1n) is 7.75. The fraction of sp³-hybridized carbons (Fsp3) is 0.562. The van der Waals surface area contributed by atoms with Crippen LogP contribution in [0.4, 0.5) is 0 Å². The molecular formula is C16H23Cl2N3O. The maximum absolute atomic E-state index is 9.64. The topological polar surface area (TPSA) is 47.9 Å². The van der Waals surface area contributed by atoms with Gasteiger partial charge < -0.3 is 15.3 Å². The van der Waals surface area contributed by atoms with Gasteiger partial charge in [0.05, 0.1) is 6.10 Å². The minimum atomic E-state index is -0.239. The zero-order valence-corrected chi connectivity index (χ0v) is 14.4. The lowest BCUT2D eigenvalue weighted by atomic mass is 10.1. The number of hydrogen-bond acceptors (Lipinski definition) is 2. The van der Waals surface area contributed by atoms with Gasteiger partial charge in [-0.25, -0.2) is 0 Å². The molecular weight excluding hydrogens is 321 g/mol. The summed E-state index contributed by atoms with van der Waals surface area (Å²) in [6, 6.07) is 5.61. The highest BCUT2D eigenvalue weighted by molar-refractivity contribution is 6.35. The lowest BCUT2D eigenvalue weighted by Crippen LogP contribution is -2.40. The van der Waals surface area contributed by atoms with Gasteiger partial charge in [-0.05, 0) is 43.9 Å². The van der Waals surface area contributed by atoms with E-state index in [1.165, 1.54) is 0 Å². The van der Waals surface area contributed by atoms with Crippen LogP contribution in [0.1, 0.15) is 25.3 Å². The van der Waals surface area contributed by atoms with Crippen LogP contribution in [-0.4, -0.2) is 48.2 Å².